The summed E-state index contributed by atoms with van der Waals surface area (Å²) in [6.07, 6.45) is 3.98. The van der Waals surface area contributed by atoms with E-state index in [4.69, 9.17) is 23.2 Å². The molecule has 18 heavy (non-hydrogen) atoms. The smallest absolute Gasteiger partial charge is 0.109 e. The molecule has 4 heteroatoms. The van der Waals surface area contributed by atoms with Crippen LogP contribution in [-0.2, 0) is 6.54 Å². The fraction of sp³-hybridized carbons (Fsp3) is 0.143. The third-order valence-electron chi connectivity index (χ3n) is 2.93. The van der Waals surface area contributed by atoms with Crippen molar-refractivity contribution < 1.29 is 0 Å². The summed E-state index contributed by atoms with van der Waals surface area (Å²) < 4.78 is 0. The SMILES string of the molecule is ClC1=CC=C2SCC(Cl)=C2N1Cc1ccccc1. The maximum Gasteiger partial charge on any atom is 0.109 e. The molecule has 0 N–H and O–H groups in total. The van der Waals surface area contributed by atoms with Crippen molar-refractivity contribution in [1.29, 1.82) is 0 Å². The first-order valence-electron chi connectivity index (χ1n) is 5.66. The molecule has 0 aliphatic carbocycles. The van der Waals surface area contributed by atoms with Crippen molar-refractivity contribution in [3.8, 4) is 0 Å². The Morgan fingerprint density at radius 3 is 2.67 bits per heavy atom. The summed E-state index contributed by atoms with van der Waals surface area (Å²) >= 11 is 14.4. The number of hydrogen-bond donors (Lipinski definition) is 0. The van der Waals surface area contributed by atoms with Gasteiger partial charge in [-0.3, -0.25) is 0 Å². The van der Waals surface area contributed by atoms with Gasteiger partial charge in [-0.25, -0.2) is 0 Å². The largest absolute Gasteiger partial charge is 0.326 e. The number of thioether (sulfide) groups is 1. The highest BCUT2D eigenvalue weighted by molar-refractivity contribution is 8.03. The third kappa shape index (κ3) is 2.20. The van der Waals surface area contributed by atoms with E-state index in [-0.39, 0.29) is 0 Å². The molecule has 0 unspecified atom stereocenters. The minimum absolute atomic E-state index is 0.721. The molecule has 0 aromatic heterocycles. The summed E-state index contributed by atoms with van der Waals surface area (Å²) in [4.78, 5) is 3.29. The highest BCUT2D eigenvalue weighted by Gasteiger charge is 2.28. The predicted molar refractivity (Wildman–Crippen MR) is 79.3 cm³/mol. The Kier molecular flexibility index (Phi) is 3.42. The van der Waals surface area contributed by atoms with E-state index in [0.29, 0.717) is 0 Å². The van der Waals surface area contributed by atoms with Gasteiger partial charge < -0.3 is 4.90 Å². The number of halogens is 2. The van der Waals surface area contributed by atoms with E-state index in [0.717, 1.165) is 28.2 Å². The van der Waals surface area contributed by atoms with Gasteiger partial charge in [0, 0.05) is 17.2 Å². The number of nitrogens with zero attached hydrogens (tertiary/aromatic N) is 1. The Morgan fingerprint density at radius 2 is 1.89 bits per heavy atom. The molecule has 2 aliphatic heterocycles. The monoisotopic (exact) mass is 295 g/mol. The Bertz CT molecular complexity index is 560. The van der Waals surface area contributed by atoms with Crippen molar-refractivity contribution in [3.05, 3.63) is 68.8 Å². The zero-order valence-corrected chi connectivity index (χ0v) is 11.9. The number of hydrogen-bond acceptors (Lipinski definition) is 2. The van der Waals surface area contributed by atoms with Crippen molar-refractivity contribution in [1.82, 2.24) is 4.90 Å². The normalized spacial score (nSPS) is 18.7. The van der Waals surface area contributed by atoms with Gasteiger partial charge in [0.25, 0.3) is 0 Å². The fourth-order valence-corrected chi connectivity index (χ4v) is 3.66. The Labute approximate surface area is 121 Å². The van der Waals surface area contributed by atoms with Gasteiger partial charge in [0.1, 0.15) is 5.16 Å². The molecular weight excluding hydrogens is 285 g/mol. The summed E-state index contributed by atoms with van der Waals surface area (Å²) in [5.74, 6) is 0.839. The number of fused-ring (bicyclic) bond motifs is 1. The zero-order valence-electron chi connectivity index (χ0n) is 9.57. The number of rotatable bonds is 2. The van der Waals surface area contributed by atoms with Crippen LogP contribution in [0.4, 0.5) is 0 Å². The first-order valence-corrected chi connectivity index (χ1v) is 7.40. The second kappa shape index (κ2) is 5.04. The molecule has 0 radical (unpaired) electrons. The van der Waals surface area contributed by atoms with E-state index < -0.39 is 0 Å². The second-order valence-electron chi connectivity index (χ2n) is 4.13. The van der Waals surface area contributed by atoms with Crippen LogP contribution in [-0.4, -0.2) is 10.7 Å². The lowest BCUT2D eigenvalue weighted by Crippen LogP contribution is -2.22. The first kappa shape index (κ1) is 12.2. The predicted octanol–water partition coefficient (Wildman–Crippen LogP) is 4.66. The molecule has 0 fully saturated rings. The van der Waals surface area contributed by atoms with Crippen molar-refractivity contribution in [2.24, 2.45) is 0 Å². The zero-order chi connectivity index (χ0) is 12.5. The van der Waals surface area contributed by atoms with Crippen LogP contribution < -0.4 is 0 Å². The average Bonchev–Trinajstić information content (AvgIpc) is 2.76. The van der Waals surface area contributed by atoms with Crippen molar-refractivity contribution in [2.75, 3.05) is 5.75 Å². The highest BCUT2D eigenvalue weighted by atomic mass is 35.5. The van der Waals surface area contributed by atoms with Gasteiger partial charge in [-0.15, -0.1) is 11.8 Å². The van der Waals surface area contributed by atoms with Crippen LogP contribution in [0.2, 0.25) is 0 Å². The van der Waals surface area contributed by atoms with Crippen LogP contribution in [0.5, 0.6) is 0 Å². The molecule has 0 bridgehead atoms. The molecular formula is C14H11Cl2NS. The van der Waals surface area contributed by atoms with E-state index in [1.54, 1.807) is 11.8 Å². The average molecular weight is 296 g/mol. The lowest BCUT2D eigenvalue weighted by atomic mass is 10.2. The number of benzene rings is 1. The third-order valence-corrected chi connectivity index (χ3v) is 4.80. The van der Waals surface area contributed by atoms with E-state index in [2.05, 4.69) is 17.0 Å². The molecule has 0 atom stereocenters. The van der Waals surface area contributed by atoms with Gasteiger partial charge in [-0.2, -0.15) is 0 Å². The van der Waals surface area contributed by atoms with Crippen LogP contribution in [0.15, 0.2) is 63.3 Å². The van der Waals surface area contributed by atoms with Crippen LogP contribution in [0.25, 0.3) is 0 Å². The maximum atomic E-state index is 6.30. The minimum Gasteiger partial charge on any atom is -0.326 e. The molecule has 1 nitrogen and oxygen atoms in total. The molecule has 2 heterocycles. The maximum absolute atomic E-state index is 6.30. The van der Waals surface area contributed by atoms with Crippen molar-refractivity contribution in [3.63, 3.8) is 0 Å². The standard InChI is InChI=1S/C14H11Cl2NS/c15-11-9-18-12-6-7-13(16)17(14(11)12)8-10-4-2-1-3-5-10/h1-7H,8-9H2. The molecule has 1 aromatic rings. The fourth-order valence-electron chi connectivity index (χ4n) is 2.08. The molecule has 0 saturated carbocycles. The van der Waals surface area contributed by atoms with Crippen LogP contribution >= 0.6 is 35.0 Å². The molecule has 2 aliphatic rings. The quantitative estimate of drug-likeness (QED) is 0.730. The molecule has 0 spiro atoms. The topological polar surface area (TPSA) is 3.24 Å². The van der Waals surface area contributed by atoms with E-state index in [1.165, 1.54) is 10.5 Å². The van der Waals surface area contributed by atoms with E-state index >= 15 is 0 Å². The van der Waals surface area contributed by atoms with E-state index in [1.807, 2.05) is 30.4 Å². The summed E-state index contributed by atoms with van der Waals surface area (Å²) in [7, 11) is 0. The molecule has 3 rings (SSSR count). The highest BCUT2D eigenvalue weighted by Crippen LogP contribution is 2.44. The summed E-state index contributed by atoms with van der Waals surface area (Å²) in [6, 6.07) is 10.3. The molecule has 0 saturated heterocycles. The van der Waals surface area contributed by atoms with Gasteiger partial charge in [0.05, 0.1) is 10.7 Å². The summed E-state index contributed by atoms with van der Waals surface area (Å²) in [5, 5.41) is 1.60. The van der Waals surface area contributed by atoms with Crippen molar-refractivity contribution >= 4 is 35.0 Å². The lowest BCUT2D eigenvalue weighted by molar-refractivity contribution is 0.453. The Balaban J connectivity index is 1.94. The number of allylic oxidation sites excluding steroid dienone is 2. The van der Waals surface area contributed by atoms with Gasteiger partial charge in [0.15, 0.2) is 0 Å². The van der Waals surface area contributed by atoms with E-state index in [9.17, 15) is 0 Å². The minimum atomic E-state index is 0.721. The van der Waals surface area contributed by atoms with Crippen LogP contribution in [0, 0.1) is 0 Å². The molecule has 1 aromatic carbocycles. The van der Waals surface area contributed by atoms with Gasteiger partial charge in [0.2, 0.25) is 0 Å². The van der Waals surface area contributed by atoms with Gasteiger partial charge in [-0.05, 0) is 17.7 Å². The molecule has 92 valence electrons. The summed E-state index contributed by atoms with van der Waals surface area (Å²) in [6.45, 7) is 0.750. The van der Waals surface area contributed by atoms with Gasteiger partial charge in [-0.1, -0.05) is 53.5 Å². The summed E-state index contributed by atoms with van der Waals surface area (Å²) in [5.41, 5.74) is 2.29. The Morgan fingerprint density at radius 1 is 1.11 bits per heavy atom. The second-order valence-corrected chi connectivity index (χ2v) is 5.99. The molecule has 0 amide bonds. The van der Waals surface area contributed by atoms with Crippen LogP contribution in [0.3, 0.4) is 0 Å². The van der Waals surface area contributed by atoms with Gasteiger partial charge >= 0.3 is 0 Å². The first-order chi connectivity index (χ1) is 8.75. The van der Waals surface area contributed by atoms with Crippen LogP contribution in [0.1, 0.15) is 5.56 Å². The Hall–Kier alpha value is -0.830. The van der Waals surface area contributed by atoms with Crippen molar-refractivity contribution in [2.45, 2.75) is 6.54 Å². The lowest BCUT2D eigenvalue weighted by Gasteiger charge is -2.28.